The largest absolute Gasteiger partial charge is 0.312 e. The summed E-state index contributed by atoms with van der Waals surface area (Å²) >= 11 is 0. The standard InChI is InChI=1S/C18H17NO/c20-18(15-9-5-2-6-10-15)17-13-19-12-11-16(17)14-7-3-1-4-8-14/h1-11,17,19H,12-13H2. The lowest BCUT2D eigenvalue weighted by Gasteiger charge is -2.24. The zero-order valence-corrected chi connectivity index (χ0v) is 11.3. The van der Waals surface area contributed by atoms with E-state index in [0.717, 1.165) is 23.2 Å². The van der Waals surface area contributed by atoms with Gasteiger partial charge in [0.25, 0.3) is 0 Å². The molecule has 1 aliphatic heterocycles. The highest BCUT2D eigenvalue weighted by Crippen LogP contribution is 2.28. The number of ketones is 1. The molecule has 2 aromatic rings. The number of hydrogen-bond donors (Lipinski definition) is 1. The molecule has 2 nitrogen and oxygen atoms in total. The Balaban J connectivity index is 1.94. The van der Waals surface area contributed by atoms with Crippen molar-refractivity contribution in [3.63, 3.8) is 0 Å². The Kier molecular flexibility index (Phi) is 3.75. The second-order valence-corrected chi connectivity index (χ2v) is 4.97. The molecule has 1 atom stereocenters. The SMILES string of the molecule is O=C(c1ccccc1)C1CNCC=C1c1ccccc1. The summed E-state index contributed by atoms with van der Waals surface area (Å²) in [4.78, 5) is 12.7. The van der Waals surface area contributed by atoms with E-state index in [0.29, 0.717) is 6.54 Å². The van der Waals surface area contributed by atoms with Crippen LogP contribution in [-0.4, -0.2) is 18.9 Å². The zero-order valence-electron chi connectivity index (χ0n) is 11.3. The van der Waals surface area contributed by atoms with Crippen LogP contribution in [0.1, 0.15) is 15.9 Å². The molecule has 2 heteroatoms. The van der Waals surface area contributed by atoms with Crippen LogP contribution < -0.4 is 5.32 Å². The van der Waals surface area contributed by atoms with Gasteiger partial charge in [0.2, 0.25) is 0 Å². The lowest BCUT2D eigenvalue weighted by atomic mass is 9.84. The maximum absolute atomic E-state index is 12.7. The average Bonchev–Trinajstić information content (AvgIpc) is 2.56. The molecule has 20 heavy (non-hydrogen) atoms. The molecule has 0 fully saturated rings. The first-order valence-electron chi connectivity index (χ1n) is 6.92. The predicted octanol–water partition coefficient (Wildman–Crippen LogP) is 3.17. The number of nitrogens with one attached hydrogen (secondary N) is 1. The molecule has 0 amide bonds. The van der Waals surface area contributed by atoms with Crippen molar-refractivity contribution in [2.75, 3.05) is 13.1 Å². The van der Waals surface area contributed by atoms with E-state index in [2.05, 4.69) is 23.5 Å². The average molecular weight is 263 g/mol. The fourth-order valence-corrected chi connectivity index (χ4v) is 2.65. The van der Waals surface area contributed by atoms with Crippen molar-refractivity contribution in [1.82, 2.24) is 5.32 Å². The molecular formula is C18H17NO. The molecule has 0 aromatic heterocycles. The van der Waals surface area contributed by atoms with Gasteiger partial charge in [-0.15, -0.1) is 0 Å². The van der Waals surface area contributed by atoms with Gasteiger partial charge in [0, 0.05) is 18.7 Å². The first-order valence-corrected chi connectivity index (χ1v) is 6.92. The van der Waals surface area contributed by atoms with Crippen LogP contribution in [0, 0.1) is 5.92 Å². The quantitative estimate of drug-likeness (QED) is 0.862. The van der Waals surface area contributed by atoms with Crippen LogP contribution in [0.5, 0.6) is 0 Å². The highest BCUT2D eigenvalue weighted by Gasteiger charge is 2.26. The van der Waals surface area contributed by atoms with E-state index in [1.165, 1.54) is 0 Å². The summed E-state index contributed by atoms with van der Waals surface area (Å²) in [7, 11) is 0. The Hall–Kier alpha value is -2.19. The molecule has 0 bridgehead atoms. The highest BCUT2D eigenvalue weighted by molar-refractivity contribution is 6.05. The lowest BCUT2D eigenvalue weighted by molar-refractivity contribution is 0.0948. The maximum atomic E-state index is 12.7. The molecule has 1 aliphatic rings. The summed E-state index contributed by atoms with van der Waals surface area (Å²) in [6, 6.07) is 19.7. The van der Waals surface area contributed by atoms with Crippen molar-refractivity contribution in [2.45, 2.75) is 0 Å². The van der Waals surface area contributed by atoms with E-state index >= 15 is 0 Å². The van der Waals surface area contributed by atoms with Crippen molar-refractivity contribution in [3.8, 4) is 0 Å². The molecule has 2 aromatic carbocycles. The van der Waals surface area contributed by atoms with Gasteiger partial charge in [-0.3, -0.25) is 4.79 Å². The summed E-state index contributed by atoms with van der Waals surface area (Å²) in [6.45, 7) is 1.53. The van der Waals surface area contributed by atoms with Crippen molar-refractivity contribution in [3.05, 3.63) is 77.9 Å². The summed E-state index contributed by atoms with van der Waals surface area (Å²) < 4.78 is 0. The fraction of sp³-hybridized carbons (Fsp3) is 0.167. The van der Waals surface area contributed by atoms with Gasteiger partial charge in [0.05, 0.1) is 5.92 Å². The van der Waals surface area contributed by atoms with Gasteiger partial charge in [-0.25, -0.2) is 0 Å². The van der Waals surface area contributed by atoms with Crippen LogP contribution in [0.3, 0.4) is 0 Å². The minimum Gasteiger partial charge on any atom is -0.312 e. The summed E-state index contributed by atoms with van der Waals surface area (Å²) in [6.07, 6.45) is 2.13. The van der Waals surface area contributed by atoms with E-state index in [-0.39, 0.29) is 11.7 Å². The van der Waals surface area contributed by atoms with Crippen molar-refractivity contribution >= 4 is 11.4 Å². The molecule has 0 saturated heterocycles. The normalized spacial score (nSPS) is 18.4. The van der Waals surface area contributed by atoms with Crippen LogP contribution in [0.15, 0.2) is 66.7 Å². The van der Waals surface area contributed by atoms with Crippen molar-refractivity contribution < 1.29 is 4.79 Å². The molecule has 0 spiro atoms. The molecule has 0 aliphatic carbocycles. The van der Waals surface area contributed by atoms with Gasteiger partial charge in [0.15, 0.2) is 5.78 Å². The van der Waals surface area contributed by atoms with E-state index in [4.69, 9.17) is 0 Å². The predicted molar refractivity (Wildman–Crippen MR) is 81.6 cm³/mol. The van der Waals surface area contributed by atoms with Crippen LogP contribution in [0.2, 0.25) is 0 Å². The molecular weight excluding hydrogens is 246 g/mol. The third-order valence-corrected chi connectivity index (χ3v) is 3.67. The fourth-order valence-electron chi connectivity index (χ4n) is 2.65. The molecule has 100 valence electrons. The lowest BCUT2D eigenvalue weighted by Crippen LogP contribution is -2.33. The molecule has 3 rings (SSSR count). The number of carbonyl (C=O) groups is 1. The second kappa shape index (κ2) is 5.85. The highest BCUT2D eigenvalue weighted by atomic mass is 16.1. The van der Waals surface area contributed by atoms with Crippen molar-refractivity contribution in [2.24, 2.45) is 5.92 Å². The van der Waals surface area contributed by atoms with E-state index in [9.17, 15) is 4.79 Å². The number of benzene rings is 2. The first kappa shape index (κ1) is 12.8. The van der Waals surface area contributed by atoms with Gasteiger partial charge in [0.1, 0.15) is 0 Å². The molecule has 1 unspecified atom stereocenters. The van der Waals surface area contributed by atoms with Gasteiger partial charge in [-0.05, 0) is 11.1 Å². The summed E-state index contributed by atoms with van der Waals surface area (Å²) in [5.41, 5.74) is 3.06. The minimum absolute atomic E-state index is 0.103. The Morgan fingerprint density at radius 1 is 0.950 bits per heavy atom. The summed E-state index contributed by atoms with van der Waals surface area (Å²) in [5, 5.41) is 3.29. The Morgan fingerprint density at radius 3 is 2.30 bits per heavy atom. The van der Waals surface area contributed by atoms with Gasteiger partial charge < -0.3 is 5.32 Å². The van der Waals surface area contributed by atoms with Crippen LogP contribution in [0.25, 0.3) is 5.57 Å². The minimum atomic E-state index is -0.103. The van der Waals surface area contributed by atoms with Crippen LogP contribution >= 0.6 is 0 Å². The third-order valence-electron chi connectivity index (χ3n) is 3.67. The number of Topliss-reactive ketones (excluding diaryl/α,β-unsaturated/α-hetero) is 1. The third kappa shape index (κ3) is 2.56. The first-order chi connectivity index (χ1) is 9.86. The molecule has 1 N–H and O–H groups in total. The second-order valence-electron chi connectivity index (χ2n) is 4.97. The number of rotatable bonds is 3. The molecule has 0 radical (unpaired) electrons. The monoisotopic (exact) mass is 263 g/mol. The number of hydrogen-bond acceptors (Lipinski definition) is 2. The van der Waals surface area contributed by atoms with Gasteiger partial charge in [-0.1, -0.05) is 66.7 Å². The van der Waals surface area contributed by atoms with E-state index in [1.807, 2.05) is 48.5 Å². The molecule has 0 saturated carbocycles. The Morgan fingerprint density at radius 2 is 1.60 bits per heavy atom. The van der Waals surface area contributed by atoms with Gasteiger partial charge in [-0.2, -0.15) is 0 Å². The van der Waals surface area contributed by atoms with Crippen molar-refractivity contribution in [1.29, 1.82) is 0 Å². The summed E-state index contributed by atoms with van der Waals surface area (Å²) in [5.74, 6) is 0.0847. The maximum Gasteiger partial charge on any atom is 0.171 e. The van der Waals surface area contributed by atoms with Gasteiger partial charge >= 0.3 is 0 Å². The molecule has 1 heterocycles. The topological polar surface area (TPSA) is 29.1 Å². The Bertz CT molecular complexity index is 616. The Labute approximate surface area is 119 Å². The van der Waals surface area contributed by atoms with E-state index in [1.54, 1.807) is 0 Å². The smallest absolute Gasteiger partial charge is 0.171 e. The van der Waals surface area contributed by atoms with Crippen LogP contribution in [-0.2, 0) is 0 Å². The number of carbonyl (C=O) groups excluding carboxylic acids is 1. The zero-order chi connectivity index (χ0) is 13.8. The van der Waals surface area contributed by atoms with E-state index < -0.39 is 0 Å². The van der Waals surface area contributed by atoms with Crippen LogP contribution in [0.4, 0.5) is 0 Å².